The van der Waals surface area contributed by atoms with Crippen LogP contribution in [0, 0.1) is 0 Å². The van der Waals surface area contributed by atoms with Crippen molar-refractivity contribution in [3.8, 4) is 5.75 Å². The van der Waals surface area contributed by atoms with Gasteiger partial charge in [-0.2, -0.15) is 0 Å². The van der Waals surface area contributed by atoms with E-state index in [0.717, 1.165) is 4.47 Å². The number of imide groups is 1. The molecule has 0 aromatic heterocycles. The standard InChI is InChI=1S/C12H15BrN2O4/c1-6(16)9-4-3-8(13)5-10(9)19-7(2)11(17)15-12(14)18/h3-7,16H,1-2H3,(H3,14,15,17,18)/t6-,7?/m0/s1. The van der Waals surface area contributed by atoms with Crippen LogP contribution in [0.15, 0.2) is 22.7 Å². The van der Waals surface area contributed by atoms with Gasteiger partial charge in [0.1, 0.15) is 5.75 Å². The van der Waals surface area contributed by atoms with Crippen molar-refractivity contribution in [2.45, 2.75) is 26.1 Å². The monoisotopic (exact) mass is 330 g/mol. The van der Waals surface area contributed by atoms with E-state index >= 15 is 0 Å². The first-order valence-electron chi connectivity index (χ1n) is 5.55. The van der Waals surface area contributed by atoms with Crippen molar-refractivity contribution in [3.05, 3.63) is 28.2 Å². The van der Waals surface area contributed by atoms with E-state index in [1.165, 1.54) is 6.92 Å². The maximum Gasteiger partial charge on any atom is 0.318 e. The van der Waals surface area contributed by atoms with Crippen LogP contribution in [0.1, 0.15) is 25.5 Å². The van der Waals surface area contributed by atoms with Crippen molar-refractivity contribution in [3.63, 3.8) is 0 Å². The predicted molar refractivity (Wildman–Crippen MR) is 72.6 cm³/mol. The van der Waals surface area contributed by atoms with Gasteiger partial charge in [0.25, 0.3) is 5.91 Å². The van der Waals surface area contributed by atoms with Gasteiger partial charge < -0.3 is 15.6 Å². The molecular weight excluding hydrogens is 316 g/mol. The van der Waals surface area contributed by atoms with Gasteiger partial charge in [-0.05, 0) is 26.0 Å². The molecule has 7 heteroatoms. The summed E-state index contributed by atoms with van der Waals surface area (Å²) in [6.07, 6.45) is -1.66. The molecule has 2 atom stereocenters. The van der Waals surface area contributed by atoms with Gasteiger partial charge >= 0.3 is 6.03 Å². The Hall–Kier alpha value is -1.60. The van der Waals surface area contributed by atoms with Crippen molar-refractivity contribution in [1.82, 2.24) is 5.32 Å². The van der Waals surface area contributed by atoms with E-state index in [9.17, 15) is 14.7 Å². The van der Waals surface area contributed by atoms with Gasteiger partial charge in [0.05, 0.1) is 6.10 Å². The molecule has 0 radical (unpaired) electrons. The van der Waals surface area contributed by atoms with Gasteiger partial charge in [-0.1, -0.05) is 22.0 Å². The van der Waals surface area contributed by atoms with Crippen LogP contribution in [-0.4, -0.2) is 23.1 Å². The Bertz CT molecular complexity index is 491. The summed E-state index contributed by atoms with van der Waals surface area (Å²) in [6.45, 7) is 3.06. The molecule has 0 heterocycles. The summed E-state index contributed by atoms with van der Waals surface area (Å²) in [5, 5.41) is 11.5. The highest BCUT2D eigenvalue weighted by Gasteiger charge is 2.19. The molecule has 1 rings (SSSR count). The average Bonchev–Trinajstić information content (AvgIpc) is 2.27. The van der Waals surface area contributed by atoms with Crippen LogP contribution >= 0.6 is 15.9 Å². The quantitative estimate of drug-likeness (QED) is 0.777. The van der Waals surface area contributed by atoms with Crippen molar-refractivity contribution >= 4 is 27.9 Å². The summed E-state index contributed by atoms with van der Waals surface area (Å²) in [5.41, 5.74) is 5.40. The second kappa shape index (κ2) is 6.53. The number of amides is 3. The number of nitrogens with one attached hydrogen (secondary N) is 1. The number of ether oxygens (including phenoxy) is 1. The third kappa shape index (κ3) is 4.53. The maximum atomic E-state index is 11.5. The van der Waals surface area contributed by atoms with Gasteiger partial charge in [-0.15, -0.1) is 0 Å². The number of hydrogen-bond acceptors (Lipinski definition) is 4. The minimum absolute atomic E-state index is 0.358. The van der Waals surface area contributed by atoms with E-state index < -0.39 is 24.1 Å². The molecular formula is C12H15BrN2O4. The van der Waals surface area contributed by atoms with Crippen LogP contribution in [-0.2, 0) is 4.79 Å². The zero-order chi connectivity index (χ0) is 14.6. The highest BCUT2D eigenvalue weighted by molar-refractivity contribution is 9.10. The Morgan fingerprint density at radius 1 is 1.42 bits per heavy atom. The minimum atomic E-state index is -0.939. The molecule has 6 nitrogen and oxygen atoms in total. The Morgan fingerprint density at radius 3 is 2.58 bits per heavy atom. The van der Waals surface area contributed by atoms with Crippen molar-refractivity contribution in [1.29, 1.82) is 0 Å². The average molecular weight is 331 g/mol. The van der Waals surface area contributed by atoms with E-state index in [4.69, 9.17) is 10.5 Å². The molecule has 104 valence electrons. The Morgan fingerprint density at radius 2 is 2.05 bits per heavy atom. The largest absolute Gasteiger partial charge is 0.480 e. The smallest absolute Gasteiger partial charge is 0.318 e. The summed E-state index contributed by atoms with van der Waals surface area (Å²) in [6, 6.07) is 4.13. The number of primary amides is 1. The molecule has 1 aromatic carbocycles. The molecule has 0 aliphatic carbocycles. The van der Waals surface area contributed by atoms with Gasteiger partial charge in [-0.25, -0.2) is 4.79 Å². The van der Waals surface area contributed by atoms with E-state index in [-0.39, 0.29) is 0 Å². The number of carbonyl (C=O) groups excluding carboxylic acids is 2. The first-order valence-corrected chi connectivity index (χ1v) is 6.35. The lowest BCUT2D eigenvalue weighted by Gasteiger charge is -2.18. The third-order valence-corrected chi connectivity index (χ3v) is 2.84. The van der Waals surface area contributed by atoms with Gasteiger partial charge in [0.2, 0.25) is 0 Å². The number of halogens is 1. The SMILES string of the molecule is CC(Oc1cc(Br)ccc1[C@H](C)O)C(=O)NC(N)=O. The van der Waals surface area contributed by atoms with Crippen LogP contribution in [0.5, 0.6) is 5.75 Å². The fourth-order valence-corrected chi connectivity index (χ4v) is 1.76. The van der Waals surface area contributed by atoms with Crippen LogP contribution in [0.3, 0.4) is 0 Å². The third-order valence-electron chi connectivity index (χ3n) is 2.35. The fourth-order valence-electron chi connectivity index (χ4n) is 1.42. The Balaban J connectivity index is 2.89. The van der Waals surface area contributed by atoms with Gasteiger partial charge in [0.15, 0.2) is 6.10 Å². The van der Waals surface area contributed by atoms with E-state index in [1.807, 2.05) is 5.32 Å². The molecule has 0 aliphatic rings. The van der Waals surface area contributed by atoms with Crippen LogP contribution in [0.25, 0.3) is 0 Å². The number of nitrogens with two attached hydrogens (primary N) is 1. The molecule has 19 heavy (non-hydrogen) atoms. The van der Waals surface area contributed by atoms with E-state index in [2.05, 4.69) is 15.9 Å². The second-order valence-corrected chi connectivity index (χ2v) is 4.89. The Labute approximate surface area is 119 Å². The number of hydrogen-bond donors (Lipinski definition) is 3. The van der Waals surface area contributed by atoms with E-state index in [0.29, 0.717) is 11.3 Å². The molecule has 3 amide bonds. The molecule has 4 N–H and O–H groups in total. The first-order chi connectivity index (χ1) is 8.81. The lowest BCUT2D eigenvalue weighted by molar-refractivity contribution is -0.126. The molecule has 0 saturated heterocycles. The minimum Gasteiger partial charge on any atom is -0.480 e. The maximum absolute atomic E-state index is 11.5. The highest BCUT2D eigenvalue weighted by atomic mass is 79.9. The van der Waals surface area contributed by atoms with Gasteiger partial charge in [0, 0.05) is 10.0 Å². The fraction of sp³-hybridized carbons (Fsp3) is 0.333. The second-order valence-electron chi connectivity index (χ2n) is 3.97. The number of aliphatic hydroxyl groups excluding tert-OH is 1. The van der Waals surface area contributed by atoms with Crippen LogP contribution in [0.4, 0.5) is 4.79 Å². The lowest BCUT2D eigenvalue weighted by atomic mass is 10.1. The van der Waals surface area contributed by atoms with Crippen LogP contribution < -0.4 is 15.8 Å². The first kappa shape index (κ1) is 15.5. The summed E-state index contributed by atoms with van der Waals surface area (Å²) >= 11 is 3.28. The predicted octanol–water partition coefficient (Wildman–Crippen LogP) is 1.46. The van der Waals surface area contributed by atoms with Gasteiger partial charge in [-0.3, -0.25) is 10.1 Å². The van der Waals surface area contributed by atoms with Crippen molar-refractivity contribution in [2.24, 2.45) is 5.73 Å². The number of benzene rings is 1. The molecule has 0 aliphatic heterocycles. The summed E-state index contributed by atoms with van der Waals surface area (Å²) in [7, 11) is 0. The number of urea groups is 1. The summed E-state index contributed by atoms with van der Waals surface area (Å²) in [4.78, 5) is 22.1. The normalized spacial score (nSPS) is 13.5. The zero-order valence-corrected chi connectivity index (χ0v) is 12.1. The molecule has 0 bridgehead atoms. The number of carbonyl (C=O) groups is 2. The lowest BCUT2D eigenvalue weighted by Crippen LogP contribution is -2.42. The van der Waals surface area contributed by atoms with Crippen LogP contribution in [0.2, 0.25) is 0 Å². The van der Waals surface area contributed by atoms with Crippen molar-refractivity contribution < 1.29 is 19.4 Å². The molecule has 0 saturated carbocycles. The highest BCUT2D eigenvalue weighted by Crippen LogP contribution is 2.29. The molecule has 0 fully saturated rings. The molecule has 0 spiro atoms. The zero-order valence-electron chi connectivity index (χ0n) is 10.5. The molecule has 1 unspecified atom stereocenters. The summed E-state index contributed by atoms with van der Waals surface area (Å²) in [5.74, 6) is -0.291. The summed E-state index contributed by atoms with van der Waals surface area (Å²) < 4.78 is 6.19. The topological polar surface area (TPSA) is 102 Å². The van der Waals surface area contributed by atoms with E-state index in [1.54, 1.807) is 25.1 Å². The number of rotatable bonds is 4. The van der Waals surface area contributed by atoms with Crippen molar-refractivity contribution in [2.75, 3.05) is 0 Å². The molecule has 1 aromatic rings. The Kier molecular flexibility index (Phi) is 5.31. The number of aliphatic hydroxyl groups is 1.